The van der Waals surface area contributed by atoms with E-state index in [9.17, 15) is 4.79 Å². The molecule has 22 heavy (non-hydrogen) atoms. The van der Waals surface area contributed by atoms with E-state index in [0.717, 1.165) is 30.6 Å². The maximum atomic E-state index is 12.1. The average Bonchev–Trinajstić information content (AvgIpc) is 2.45. The highest BCUT2D eigenvalue weighted by molar-refractivity contribution is 14.1. The van der Waals surface area contributed by atoms with Gasteiger partial charge in [0.05, 0.1) is 5.92 Å². The standard InChI is InChI=1S/C19H29IO2/c1-10(2)18(9-20)16-6-11(3)5-15-14-7-13(8-17(15)16)22-19(21)12(14)4/h5,10,12-18H,6-9H2,1-4H3/t12-,13-,14-,15+,16+,17-,18+/m0/s1. The molecular formula is C19H29IO2. The first kappa shape index (κ1) is 16.8. The molecule has 2 nitrogen and oxygen atoms in total. The van der Waals surface area contributed by atoms with Gasteiger partial charge in [0, 0.05) is 4.43 Å². The molecule has 1 aliphatic heterocycles. The van der Waals surface area contributed by atoms with Gasteiger partial charge in [0.1, 0.15) is 6.10 Å². The zero-order valence-electron chi connectivity index (χ0n) is 14.2. The normalized spacial score (nSPS) is 42.5. The number of ether oxygens (including phenoxy) is 1. The van der Waals surface area contributed by atoms with Crippen LogP contribution in [0.25, 0.3) is 0 Å². The average molecular weight is 416 g/mol. The van der Waals surface area contributed by atoms with E-state index in [0.29, 0.717) is 17.8 Å². The van der Waals surface area contributed by atoms with E-state index < -0.39 is 0 Å². The molecule has 2 fully saturated rings. The molecule has 0 aromatic carbocycles. The van der Waals surface area contributed by atoms with Crippen molar-refractivity contribution in [3.05, 3.63) is 11.6 Å². The monoisotopic (exact) mass is 416 g/mol. The van der Waals surface area contributed by atoms with Crippen LogP contribution in [0.3, 0.4) is 0 Å². The number of halogens is 1. The predicted octanol–water partition coefficient (Wildman–Crippen LogP) is 4.86. The number of esters is 1. The van der Waals surface area contributed by atoms with E-state index in [1.807, 2.05) is 0 Å². The number of alkyl halides is 1. The van der Waals surface area contributed by atoms with Gasteiger partial charge in [-0.05, 0) is 61.7 Å². The number of carbonyl (C=O) groups excluding carboxylic acids is 1. The molecule has 0 N–H and O–H groups in total. The maximum absolute atomic E-state index is 12.1. The summed E-state index contributed by atoms with van der Waals surface area (Å²) in [4.78, 5) is 12.1. The zero-order chi connectivity index (χ0) is 16.0. The molecule has 1 heterocycles. The molecule has 0 spiro atoms. The second kappa shape index (κ2) is 6.45. The van der Waals surface area contributed by atoms with Gasteiger partial charge in [-0.15, -0.1) is 0 Å². The zero-order valence-corrected chi connectivity index (χ0v) is 16.4. The lowest BCUT2D eigenvalue weighted by Gasteiger charge is -2.52. The first-order chi connectivity index (χ1) is 10.4. The fraction of sp³-hybridized carbons (Fsp3) is 0.842. The molecule has 0 aromatic heterocycles. The highest BCUT2D eigenvalue weighted by Crippen LogP contribution is 2.53. The summed E-state index contributed by atoms with van der Waals surface area (Å²) >= 11 is 2.57. The maximum Gasteiger partial charge on any atom is 0.309 e. The lowest BCUT2D eigenvalue weighted by atomic mass is 9.56. The van der Waals surface area contributed by atoms with Crippen LogP contribution in [0, 0.1) is 41.4 Å². The van der Waals surface area contributed by atoms with E-state index in [-0.39, 0.29) is 18.0 Å². The summed E-state index contributed by atoms with van der Waals surface area (Å²) in [7, 11) is 0. The second-order valence-electron chi connectivity index (χ2n) is 8.17. The first-order valence-electron chi connectivity index (χ1n) is 8.86. The molecule has 3 aliphatic rings. The summed E-state index contributed by atoms with van der Waals surface area (Å²) in [6, 6.07) is 0. The van der Waals surface area contributed by atoms with E-state index in [1.54, 1.807) is 5.57 Å². The van der Waals surface area contributed by atoms with E-state index in [4.69, 9.17) is 4.74 Å². The number of carbonyl (C=O) groups is 1. The molecule has 0 unspecified atom stereocenters. The molecule has 2 aliphatic carbocycles. The van der Waals surface area contributed by atoms with E-state index in [1.165, 1.54) is 10.8 Å². The Labute approximate surface area is 148 Å². The molecule has 124 valence electrons. The van der Waals surface area contributed by atoms with E-state index >= 15 is 0 Å². The van der Waals surface area contributed by atoms with Gasteiger partial charge in [-0.25, -0.2) is 0 Å². The second-order valence-corrected chi connectivity index (χ2v) is 9.05. The number of rotatable bonds is 3. The molecular weight excluding hydrogens is 387 g/mol. The summed E-state index contributed by atoms with van der Waals surface area (Å²) in [5.41, 5.74) is 1.55. The highest BCUT2D eigenvalue weighted by atomic mass is 127. The van der Waals surface area contributed by atoms with Crippen LogP contribution in [0.1, 0.15) is 47.0 Å². The summed E-state index contributed by atoms with van der Waals surface area (Å²) in [5.74, 6) is 4.21. The highest BCUT2D eigenvalue weighted by Gasteiger charge is 2.51. The minimum Gasteiger partial charge on any atom is -0.462 e. The molecule has 3 heteroatoms. The Balaban J connectivity index is 1.92. The third-order valence-electron chi connectivity index (χ3n) is 6.52. The minimum absolute atomic E-state index is 0.0437. The Hall–Kier alpha value is -0.0600. The fourth-order valence-electron chi connectivity index (χ4n) is 5.30. The van der Waals surface area contributed by atoms with Crippen molar-refractivity contribution in [3.63, 3.8) is 0 Å². The van der Waals surface area contributed by atoms with Crippen molar-refractivity contribution < 1.29 is 9.53 Å². The largest absolute Gasteiger partial charge is 0.462 e. The van der Waals surface area contributed by atoms with Gasteiger partial charge >= 0.3 is 5.97 Å². The third-order valence-corrected chi connectivity index (χ3v) is 7.54. The minimum atomic E-state index is 0.0437. The van der Waals surface area contributed by atoms with Crippen LogP contribution in [0.15, 0.2) is 11.6 Å². The Morgan fingerprint density at radius 2 is 2.00 bits per heavy atom. The number of hydrogen-bond donors (Lipinski definition) is 0. The molecule has 3 rings (SSSR count). The Morgan fingerprint density at radius 1 is 1.32 bits per heavy atom. The van der Waals surface area contributed by atoms with Crippen LogP contribution < -0.4 is 0 Å². The smallest absolute Gasteiger partial charge is 0.309 e. The van der Waals surface area contributed by atoms with Gasteiger partial charge in [-0.3, -0.25) is 4.79 Å². The molecule has 2 bridgehead atoms. The molecule has 7 atom stereocenters. The van der Waals surface area contributed by atoms with Crippen molar-refractivity contribution in [2.75, 3.05) is 4.43 Å². The molecule has 0 amide bonds. The summed E-state index contributed by atoms with van der Waals surface area (Å²) < 4.78 is 6.94. The van der Waals surface area contributed by atoms with Crippen molar-refractivity contribution in [2.45, 2.75) is 53.1 Å². The van der Waals surface area contributed by atoms with Crippen molar-refractivity contribution >= 4 is 28.6 Å². The van der Waals surface area contributed by atoms with Gasteiger partial charge in [0.25, 0.3) is 0 Å². The number of hydrogen-bond acceptors (Lipinski definition) is 2. The topological polar surface area (TPSA) is 26.3 Å². The quantitative estimate of drug-likeness (QED) is 0.284. The van der Waals surface area contributed by atoms with Crippen LogP contribution >= 0.6 is 22.6 Å². The van der Waals surface area contributed by atoms with E-state index in [2.05, 4.69) is 56.4 Å². The summed E-state index contributed by atoms with van der Waals surface area (Å²) in [6.07, 6.45) is 6.12. The van der Waals surface area contributed by atoms with Gasteiger partial charge in [-0.1, -0.05) is 55.0 Å². The first-order valence-corrected chi connectivity index (χ1v) is 10.4. The Morgan fingerprint density at radius 3 is 2.64 bits per heavy atom. The molecule has 1 saturated heterocycles. The van der Waals surface area contributed by atoms with Crippen molar-refractivity contribution in [1.82, 2.24) is 0 Å². The number of allylic oxidation sites excluding steroid dienone is 2. The predicted molar refractivity (Wildman–Crippen MR) is 97.8 cm³/mol. The van der Waals surface area contributed by atoms with Crippen LogP contribution in [-0.4, -0.2) is 16.5 Å². The Bertz CT molecular complexity index is 470. The van der Waals surface area contributed by atoms with Gasteiger partial charge < -0.3 is 4.74 Å². The van der Waals surface area contributed by atoms with Crippen molar-refractivity contribution in [2.24, 2.45) is 41.4 Å². The number of fused-ring (bicyclic) bond motifs is 4. The van der Waals surface area contributed by atoms with Crippen LogP contribution in [0.2, 0.25) is 0 Å². The van der Waals surface area contributed by atoms with Crippen LogP contribution in [0.5, 0.6) is 0 Å². The van der Waals surface area contributed by atoms with Gasteiger partial charge in [0.15, 0.2) is 0 Å². The van der Waals surface area contributed by atoms with Crippen molar-refractivity contribution in [1.29, 1.82) is 0 Å². The molecule has 0 radical (unpaired) electrons. The Kier molecular flexibility index (Phi) is 4.92. The summed E-state index contributed by atoms with van der Waals surface area (Å²) in [6.45, 7) is 9.12. The molecule has 1 saturated carbocycles. The molecule has 0 aromatic rings. The lowest BCUT2D eigenvalue weighted by molar-refractivity contribution is -0.176. The van der Waals surface area contributed by atoms with Crippen molar-refractivity contribution in [3.8, 4) is 0 Å². The fourth-order valence-corrected chi connectivity index (χ4v) is 6.97. The lowest BCUT2D eigenvalue weighted by Crippen LogP contribution is -2.51. The van der Waals surface area contributed by atoms with Crippen LogP contribution in [0.4, 0.5) is 0 Å². The SMILES string of the molecule is CC1=C[C@@H]2[C@H]3C[C@@H](C[C@@H]2[C@H]([C@H](CI)C(C)C)C1)OC(=O)[C@H]3C. The third kappa shape index (κ3) is 2.87. The van der Waals surface area contributed by atoms with Crippen LogP contribution in [-0.2, 0) is 9.53 Å². The van der Waals surface area contributed by atoms with Gasteiger partial charge in [0.2, 0.25) is 0 Å². The summed E-state index contributed by atoms with van der Waals surface area (Å²) in [5, 5.41) is 0. The van der Waals surface area contributed by atoms with Gasteiger partial charge in [-0.2, -0.15) is 0 Å².